The Morgan fingerprint density at radius 1 is 0.623 bits per heavy atom. The number of carboxylic acid groups (broad SMARTS) is 1. The van der Waals surface area contributed by atoms with E-state index in [0.29, 0.717) is 12.0 Å². The van der Waals surface area contributed by atoms with Crippen LogP contribution in [0.1, 0.15) is 91.8 Å². The average molecular weight is 737 g/mol. The first-order valence-corrected chi connectivity index (χ1v) is 18.5. The van der Waals surface area contributed by atoms with Crippen LogP contribution in [-0.4, -0.2) is 70.8 Å². The molecule has 0 saturated carbocycles. The van der Waals surface area contributed by atoms with Crippen LogP contribution in [0.25, 0.3) is 0 Å². The highest BCUT2D eigenvalue weighted by molar-refractivity contribution is 5.93. The van der Waals surface area contributed by atoms with Gasteiger partial charge in [0, 0.05) is 24.9 Å². The number of hydrogen-bond acceptors (Lipinski definition) is 7. The van der Waals surface area contributed by atoms with E-state index in [4.69, 9.17) is 5.73 Å². The summed E-state index contributed by atoms with van der Waals surface area (Å²) < 4.78 is 0. The molecule has 2 aromatic carbocycles. The Balaban J connectivity index is 2.31. The number of nitrogens with two attached hydrogens (primary N) is 1. The van der Waals surface area contributed by atoms with Gasteiger partial charge >= 0.3 is 5.97 Å². The zero-order chi connectivity index (χ0) is 39.8. The number of carbonyl (C=O) groups excluding carboxylic acids is 5. The lowest BCUT2D eigenvalue weighted by atomic mass is 9.94. The number of hydrogen-bond donors (Lipinski definition) is 7. The van der Waals surface area contributed by atoms with Gasteiger partial charge in [-0.05, 0) is 41.2 Å². The molecule has 13 nitrogen and oxygen atoms in total. The molecular formula is C40H60N6O7. The maximum absolute atomic E-state index is 14.0. The van der Waals surface area contributed by atoms with Crippen molar-refractivity contribution < 1.29 is 33.9 Å². The molecule has 0 aliphatic carbocycles. The van der Waals surface area contributed by atoms with Crippen molar-refractivity contribution in [1.82, 2.24) is 26.6 Å². The number of carbonyl (C=O) groups is 6. The standard InChI is InChI=1S/C40H60N6O7/c1-9-26(8)35(38(50)46-34(25(6)7)40(52)53)43-32(48)22-29(41)30(21-27-16-12-10-13-17-27)42-37(49)33(24(4)5)45-39(51)36(28-18-14-11-15-19-28)44-31(47)20-23(2)3/h10-19,23-26,29-30,33-36H,9,20-22,41H2,1-8H3,(H,42,49)(H,43,48)(H,44,47)(H,45,51)(H,46,50)(H,52,53)/t26-,29-,30-,33?,34?,35-,36?/m0/s1. The summed E-state index contributed by atoms with van der Waals surface area (Å²) in [5.41, 5.74) is 8.05. The molecule has 5 amide bonds. The number of carboxylic acids is 1. The van der Waals surface area contributed by atoms with E-state index in [0.717, 1.165) is 5.56 Å². The van der Waals surface area contributed by atoms with Crippen LogP contribution in [0.2, 0.25) is 0 Å². The van der Waals surface area contributed by atoms with Crippen molar-refractivity contribution in [1.29, 1.82) is 0 Å². The molecule has 13 heteroatoms. The summed E-state index contributed by atoms with van der Waals surface area (Å²) in [6.45, 7) is 14.4. The Bertz CT molecular complexity index is 1500. The molecule has 2 rings (SSSR count). The van der Waals surface area contributed by atoms with Gasteiger partial charge in [-0.25, -0.2) is 4.79 Å². The van der Waals surface area contributed by atoms with Gasteiger partial charge in [0.1, 0.15) is 24.2 Å². The first kappa shape index (κ1) is 44.4. The van der Waals surface area contributed by atoms with Crippen LogP contribution < -0.4 is 32.3 Å². The SMILES string of the molecule is CC[C@H](C)[C@H](NC(=O)C[C@H](N)[C@H](Cc1ccccc1)NC(=O)C(NC(=O)C(NC(=O)CC(C)C)c1ccccc1)C(C)C)C(=O)NC(C(=O)O)C(C)C. The lowest BCUT2D eigenvalue weighted by molar-refractivity contribution is -0.143. The minimum absolute atomic E-state index is 0.0729. The van der Waals surface area contributed by atoms with Gasteiger partial charge in [0.25, 0.3) is 0 Å². The van der Waals surface area contributed by atoms with E-state index in [1.54, 1.807) is 65.0 Å². The molecule has 0 bridgehead atoms. The third kappa shape index (κ3) is 14.6. The van der Waals surface area contributed by atoms with Gasteiger partial charge in [0.2, 0.25) is 29.5 Å². The van der Waals surface area contributed by atoms with E-state index < -0.39 is 65.8 Å². The van der Waals surface area contributed by atoms with Crippen molar-refractivity contribution in [2.75, 3.05) is 0 Å². The first-order chi connectivity index (χ1) is 24.9. The molecule has 3 unspecified atom stereocenters. The van der Waals surface area contributed by atoms with E-state index in [1.807, 2.05) is 51.1 Å². The zero-order valence-electron chi connectivity index (χ0n) is 32.3. The van der Waals surface area contributed by atoms with Crippen molar-refractivity contribution in [3.05, 3.63) is 71.8 Å². The largest absolute Gasteiger partial charge is 0.480 e. The molecule has 0 aromatic heterocycles. The highest BCUT2D eigenvalue weighted by Gasteiger charge is 2.34. The van der Waals surface area contributed by atoms with E-state index in [2.05, 4.69) is 26.6 Å². The predicted molar refractivity (Wildman–Crippen MR) is 204 cm³/mol. The minimum Gasteiger partial charge on any atom is -0.480 e. The fraction of sp³-hybridized carbons (Fsp3) is 0.550. The molecule has 292 valence electrons. The summed E-state index contributed by atoms with van der Waals surface area (Å²) in [6, 6.07) is 12.2. The molecule has 0 aliphatic rings. The smallest absolute Gasteiger partial charge is 0.326 e. The van der Waals surface area contributed by atoms with Gasteiger partial charge in [-0.3, -0.25) is 24.0 Å². The molecular weight excluding hydrogens is 676 g/mol. The average Bonchev–Trinajstić information content (AvgIpc) is 3.09. The topological polar surface area (TPSA) is 209 Å². The summed E-state index contributed by atoms with van der Waals surface area (Å²) in [5, 5.41) is 23.5. The van der Waals surface area contributed by atoms with Crippen molar-refractivity contribution >= 4 is 35.5 Å². The van der Waals surface area contributed by atoms with Gasteiger partial charge in [-0.2, -0.15) is 0 Å². The van der Waals surface area contributed by atoms with Crippen molar-refractivity contribution in [2.45, 2.75) is 117 Å². The normalized spacial score (nSPS) is 15.3. The number of benzene rings is 2. The number of amides is 5. The Hall–Kier alpha value is -4.78. The van der Waals surface area contributed by atoms with Crippen LogP contribution in [0, 0.1) is 23.7 Å². The molecule has 53 heavy (non-hydrogen) atoms. The summed E-state index contributed by atoms with van der Waals surface area (Å²) in [4.78, 5) is 79.0. The Morgan fingerprint density at radius 3 is 1.64 bits per heavy atom. The van der Waals surface area contributed by atoms with Crippen LogP contribution >= 0.6 is 0 Å². The third-order valence-electron chi connectivity index (χ3n) is 9.15. The molecule has 0 aliphatic heterocycles. The van der Waals surface area contributed by atoms with Crippen LogP contribution in [0.4, 0.5) is 0 Å². The number of nitrogens with one attached hydrogen (secondary N) is 5. The Labute approximate surface area is 314 Å². The maximum atomic E-state index is 14.0. The lowest BCUT2D eigenvalue weighted by Crippen LogP contribution is -2.59. The lowest BCUT2D eigenvalue weighted by Gasteiger charge is -2.31. The van der Waals surface area contributed by atoms with Gasteiger partial charge in [-0.1, -0.05) is 122 Å². The molecule has 7 atom stereocenters. The second-order valence-electron chi connectivity index (χ2n) is 14.9. The molecule has 0 spiro atoms. The molecule has 2 aromatic rings. The fourth-order valence-corrected chi connectivity index (χ4v) is 5.81. The van der Waals surface area contributed by atoms with Crippen molar-refractivity contribution in [3.63, 3.8) is 0 Å². The second kappa shape index (κ2) is 21.7. The monoisotopic (exact) mass is 736 g/mol. The van der Waals surface area contributed by atoms with Crippen LogP contribution in [0.3, 0.4) is 0 Å². The highest BCUT2D eigenvalue weighted by atomic mass is 16.4. The summed E-state index contributed by atoms with van der Waals surface area (Å²) in [7, 11) is 0. The number of aliphatic carboxylic acids is 1. The minimum atomic E-state index is -1.17. The zero-order valence-corrected chi connectivity index (χ0v) is 32.3. The summed E-state index contributed by atoms with van der Waals surface area (Å²) >= 11 is 0. The van der Waals surface area contributed by atoms with Crippen LogP contribution in [0.5, 0.6) is 0 Å². The van der Waals surface area contributed by atoms with E-state index in [1.165, 1.54) is 0 Å². The quantitative estimate of drug-likeness (QED) is 0.101. The Morgan fingerprint density at radius 2 is 1.13 bits per heavy atom. The second-order valence-corrected chi connectivity index (χ2v) is 14.9. The van der Waals surface area contributed by atoms with Gasteiger partial charge in [0.05, 0.1) is 0 Å². The molecule has 0 radical (unpaired) electrons. The highest BCUT2D eigenvalue weighted by Crippen LogP contribution is 2.17. The van der Waals surface area contributed by atoms with E-state index in [-0.39, 0.29) is 48.8 Å². The summed E-state index contributed by atoms with van der Waals surface area (Å²) in [6.07, 6.45) is 0.759. The third-order valence-corrected chi connectivity index (χ3v) is 9.15. The van der Waals surface area contributed by atoms with Crippen LogP contribution in [0.15, 0.2) is 60.7 Å². The molecule has 8 N–H and O–H groups in total. The maximum Gasteiger partial charge on any atom is 0.326 e. The molecule has 0 fully saturated rings. The van der Waals surface area contributed by atoms with Gasteiger partial charge in [-0.15, -0.1) is 0 Å². The van der Waals surface area contributed by atoms with Crippen LogP contribution in [-0.2, 0) is 35.2 Å². The van der Waals surface area contributed by atoms with E-state index >= 15 is 0 Å². The van der Waals surface area contributed by atoms with Gasteiger partial charge < -0.3 is 37.4 Å². The number of rotatable bonds is 21. The molecule has 0 heterocycles. The molecule has 0 saturated heterocycles. The fourth-order valence-electron chi connectivity index (χ4n) is 5.81. The predicted octanol–water partition coefficient (Wildman–Crippen LogP) is 3.23. The van der Waals surface area contributed by atoms with Gasteiger partial charge in [0.15, 0.2) is 0 Å². The van der Waals surface area contributed by atoms with Crippen molar-refractivity contribution in [2.24, 2.45) is 29.4 Å². The Kier molecular flexibility index (Phi) is 18.2. The van der Waals surface area contributed by atoms with E-state index in [9.17, 15) is 33.9 Å². The summed E-state index contributed by atoms with van der Waals surface area (Å²) in [5.74, 6) is -4.69. The first-order valence-electron chi connectivity index (χ1n) is 18.5. The van der Waals surface area contributed by atoms with Crippen molar-refractivity contribution in [3.8, 4) is 0 Å².